The average Bonchev–Trinajstić information content (AvgIpc) is 3.59. The number of nitrogens with zero attached hydrogens (tertiary/aromatic N) is 4. The molecule has 0 aliphatic heterocycles. The van der Waals surface area contributed by atoms with E-state index >= 15 is 0 Å². The van der Waals surface area contributed by atoms with Crippen LogP contribution in [-0.4, -0.2) is 9.97 Å². The molecule has 4 nitrogen and oxygen atoms in total. The van der Waals surface area contributed by atoms with Gasteiger partial charge < -0.3 is 0 Å². The molecule has 6 heteroatoms. The molecular weight excluding hydrogens is 505 g/mol. The molecule has 0 aromatic carbocycles. The molecule has 0 fully saturated rings. The van der Waals surface area contributed by atoms with Gasteiger partial charge in [0.05, 0.1) is 21.1 Å². The zero-order valence-corrected chi connectivity index (χ0v) is 25.3. The second-order valence-electron chi connectivity index (χ2n) is 10.1. The Hall–Kier alpha value is -2.44. The SMILES string of the molecule is CCCCCC[n+]1ccc(-c2sc(-c3nc(CC)c(-c4cc[n+](CCCCCC)cc4)s3)nc2CC)cc1. The molecule has 0 spiro atoms. The van der Waals surface area contributed by atoms with Gasteiger partial charge in [-0.15, -0.1) is 22.7 Å². The summed E-state index contributed by atoms with van der Waals surface area (Å²) < 4.78 is 4.62. The van der Waals surface area contributed by atoms with Crippen LogP contribution in [0.4, 0.5) is 0 Å². The molecule has 202 valence electrons. The summed E-state index contributed by atoms with van der Waals surface area (Å²) in [6, 6.07) is 9.01. The molecule has 0 saturated heterocycles. The third kappa shape index (κ3) is 7.35. The first-order chi connectivity index (χ1) is 18.7. The van der Waals surface area contributed by atoms with Gasteiger partial charge in [-0.25, -0.2) is 19.1 Å². The minimum atomic E-state index is 0.924. The second-order valence-corrected chi connectivity index (χ2v) is 12.1. The summed E-state index contributed by atoms with van der Waals surface area (Å²) in [6.07, 6.45) is 21.1. The molecule has 4 aromatic heterocycles. The molecule has 4 rings (SSSR count). The minimum absolute atomic E-state index is 0.924. The van der Waals surface area contributed by atoms with Crippen LogP contribution in [0.15, 0.2) is 49.1 Å². The molecule has 0 aliphatic rings. The number of hydrogen-bond acceptors (Lipinski definition) is 4. The van der Waals surface area contributed by atoms with Gasteiger partial charge in [-0.05, 0) is 25.7 Å². The Morgan fingerprint density at radius 3 is 1.29 bits per heavy atom. The molecule has 0 aliphatic carbocycles. The van der Waals surface area contributed by atoms with Gasteiger partial charge in [0.15, 0.2) is 34.8 Å². The largest absolute Gasteiger partial charge is 0.238 e. The summed E-state index contributed by atoms with van der Waals surface area (Å²) in [5.41, 5.74) is 4.86. The number of pyridine rings is 2. The zero-order valence-electron chi connectivity index (χ0n) is 23.7. The van der Waals surface area contributed by atoms with Crippen molar-refractivity contribution >= 4 is 22.7 Å². The summed E-state index contributed by atoms with van der Waals surface area (Å²) in [4.78, 5) is 12.7. The smallest absolute Gasteiger partial charge is 0.169 e. The van der Waals surface area contributed by atoms with Crippen molar-refractivity contribution in [1.82, 2.24) is 9.97 Å². The Labute approximate surface area is 237 Å². The molecule has 38 heavy (non-hydrogen) atoms. The summed E-state index contributed by atoms with van der Waals surface area (Å²) in [5, 5.41) is 2.09. The van der Waals surface area contributed by atoms with Crippen LogP contribution in [0.5, 0.6) is 0 Å². The lowest BCUT2D eigenvalue weighted by Crippen LogP contribution is -2.32. The summed E-state index contributed by atoms with van der Waals surface area (Å²) in [7, 11) is 0. The third-order valence-corrected chi connectivity index (χ3v) is 9.53. The molecular formula is C32H44N4S2+2. The normalized spacial score (nSPS) is 11.4. The fourth-order valence-electron chi connectivity index (χ4n) is 4.77. The minimum Gasteiger partial charge on any atom is -0.238 e. The van der Waals surface area contributed by atoms with Gasteiger partial charge in [-0.2, -0.15) is 0 Å². The van der Waals surface area contributed by atoms with E-state index in [1.807, 2.05) is 0 Å². The van der Waals surface area contributed by atoms with Gasteiger partial charge in [-0.3, -0.25) is 0 Å². The van der Waals surface area contributed by atoms with Crippen molar-refractivity contribution < 1.29 is 9.13 Å². The van der Waals surface area contributed by atoms with E-state index in [9.17, 15) is 0 Å². The van der Waals surface area contributed by atoms with Crippen molar-refractivity contribution in [1.29, 1.82) is 0 Å². The summed E-state index contributed by atoms with van der Waals surface area (Å²) in [5.74, 6) is 0. The lowest BCUT2D eigenvalue weighted by Gasteiger charge is -2.01. The number of rotatable bonds is 15. The van der Waals surface area contributed by atoms with E-state index < -0.39 is 0 Å². The van der Waals surface area contributed by atoms with E-state index in [0.717, 1.165) is 35.9 Å². The van der Waals surface area contributed by atoms with Crippen LogP contribution in [0.1, 0.15) is 90.4 Å². The second kappa shape index (κ2) is 14.6. The summed E-state index contributed by atoms with van der Waals surface area (Å²) in [6.45, 7) is 11.1. The van der Waals surface area contributed by atoms with Gasteiger partial charge in [0.25, 0.3) is 0 Å². The first-order valence-electron chi connectivity index (χ1n) is 14.6. The van der Waals surface area contributed by atoms with Crippen LogP contribution in [0, 0.1) is 0 Å². The van der Waals surface area contributed by atoms with Gasteiger partial charge in [0.2, 0.25) is 0 Å². The van der Waals surface area contributed by atoms with E-state index in [4.69, 9.17) is 9.97 Å². The number of hydrogen-bond donors (Lipinski definition) is 0. The van der Waals surface area contributed by atoms with E-state index in [0.29, 0.717) is 0 Å². The van der Waals surface area contributed by atoms with E-state index in [1.54, 1.807) is 22.7 Å². The lowest BCUT2D eigenvalue weighted by atomic mass is 10.1. The lowest BCUT2D eigenvalue weighted by molar-refractivity contribution is -0.697. The maximum Gasteiger partial charge on any atom is 0.169 e. The number of aryl methyl sites for hydroxylation is 4. The molecule has 0 bridgehead atoms. The van der Waals surface area contributed by atoms with Crippen LogP contribution >= 0.6 is 22.7 Å². The molecule has 0 atom stereocenters. The standard InChI is InChI=1S/C32H44N4S2/c1-5-9-11-13-19-35-21-15-25(16-22-35)29-27(7-3)33-31(37-29)32-34-28(8-4)30(38-32)26-17-23-36(24-18-26)20-14-12-10-6-2/h15-18,21-24H,5-14,19-20H2,1-4H3/q+2. The van der Waals surface area contributed by atoms with Crippen LogP contribution in [-0.2, 0) is 25.9 Å². The fraction of sp³-hybridized carbons (Fsp3) is 0.500. The van der Waals surface area contributed by atoms with Gasteiger partial charge in [-0.1, -0.05) is 53.4 Å². The first kappa shape index (κ1) is 28.6. The topological polar surface area (TPSA) is 33.5 Å². The highest BCUT2D eigenvalue weighted by Crippen LogP contribution is 2.40. The van der Waals surface area contributed by atoms with Crippen LogP contribution in [0.3, 0.4) is 0 Å². The Morgan fingerprint density at radius 1 is 0.553 bits per heavy atom. The van der Waals surface area contributed by atoms with E-state index in [2.05, 4.69) is 85.9 Å². The summed E-state index contributed by atoms with van der Waals surface area (Å²) >= 11 is 3.57. The number of thiazole rings is 2. The van der Waals surface area contributed by atoms with Gasteiger partial charge in [0, 0.05) is 48.2 Å². The van der Waals surface area contributed by atoms with Crippen molar-refractivity contribution in [2.45, 2.75) is 105 Å². The first-order valence-corrected chi connectivity index (χ1v) is 16.3. The Morgan fingerprint density at radius 2 is 0.947 bits per heavy atom. The average molecular weight is 549 g/mol. The van der Waals surface area contributed by atoms with Crippen molar-refractivity contribution in [3.8, 4) is 30.9 Å². The molecule has 0 unspecified atom stereocenters. The Bertz CT molecular complexity index is 1160. The van der Waals surface area contributed by atoms with Crippen molar-refractivity contribution in [3.05, 3.63) is 60.4 Å². The molecule has 0 amide bonds. The molecule has 4 aromatic rings. The van der Waals surface area contributed by atoms with Crippen molar-refractivity contribution in [2.24, 2.45) is 0 Å². The van der Waals surface area contributed by atoms with Crippen LogP contribution in [0.25, 0.3) is 30.9 Å². The fourth-order valence-corrected chi connectivity index (χ4v) is 7.11. The van der Waals surface area contributed by atoms with E-state index in [1.165, 1.54) is 83.6 Å². The quantitative estimate of drug-likeness (QED) is 0.110. The number of unbranched alkanes of at least 4 members (excludes halogenated alkanes) is 6. The van der Waals surface area contributed by atoms with E-state index in [-0.39, 0.29) is 0 Å². The maximum absolute atomic E-state index is 5.07. The monoisotopic (exact) mass is 548 g/mol. The van der Waals surface area contributed by atoms with Crippen molar-refractivity contribution in [3.63, 3.8) is 0 Å². The zero-order chi connectivity index (χ0) is 26.7. The van der Waals surface area contributed by atoms with Gasteiger partial charge >= 0.3 is 0 Å². The highest BCUT2D eigenvalue weighted by molar-refractivity contribution is 7.24. The molecule has 0 N–H and O–H groups in total. The maximum atomic E-state index is 5.07. The van der Waals surface area contributed by atoms with Crippen LogP contribution < -0.4 is 9.13 Å². The van der Waals surface area contributed by atoms with Crippen LogP contribution in [0.2, 0.25) is 0 Å². The highest BCUT2D eigenvalue weighted by atomic mass is 32.1. The molecule has 4 heterocycles. The predicted octanol–water partition coefficient (Wildman–Crippen LogP) is 8.46. The van der Waals surface area contributed by atoms with Crippen molar-refractivity contribution in [2.75, 3.05) is 0 Å². The molecule has 0 radical (unpaired) electrons. The highest BCUT2D eigenvalue weighted by Gasteiger charge is 2.20. The predicted molar refractivity (Wildman–Crippen MR) is 162 cm³/mol. The Balaban J connectivity index is 1.52. The Kier molecular flexibility index (Phi) is 11.0. The molecule has 0 saturated carbocycles. The number of aromatic nitrogens is 4. The van der Waals surface area contributed by atoms with Gasteiger partial charge in [0.1, 0.15) is 13.1 Å². The third-order valence-electron chi connectivity index (χ3n) is 7.09.